The lowest BCUT2D eigenvalue weighted by molar-refractivity contribution is 0.0863. The van der Waals surface area contributed by atoms with Crippen LogP contribution in [0.5, 0.6) is 0 Å². The molecule has 0 saturated carbocycles. The standard InChI is InChI=1S/C12H12FIO/c1-12(2)5-7-3-8(6-14)10(13)4-9(7)11(12)15/h3-4H,5-6H2,1-2H3. The van der Waals surface area contributed by atoms with E-state index >= 15 is 0 Å². The molecule has 1 aromatic rings. The molecule has 1 aliphatic rings. The normalized spacial score (nSPS) is 18.0. The summed E-state index contributed by atoms with van der Waals surface area (Å²) >= 11 is 2.13. The van der Waals surface area contributed by atoms with Crippen molar-refractivity contribution < 1.29 is 9.18 Å². The van der Waals surface area contributed by atoms with Gasteiger partial charge in [0.2, 0.25) is 0 Å². The Morgan fingerprint density at radius 2 is 2.13 bits per heavy atom. The maximum Gasteiger partial charge on any atom is 0.169 e. The van der Waals surface area contributed by atoms with Crippen LogP contribution in [-0.2, 0) is 10.8 Å². The van der Waals surface area contributed by atoms with Crippen LogP contribution in [0.25, 0.3) is 0 Å². The fourth-order valence-electron chi connectivity index (χ4n) is 2.05. The molecule has 0 aliphatic heterocycles. The zero-order valence-electron chi connectivity index (χ0n) is 8.73. The summed E-state index contributed by atoms with van der Waals surface area (Å²) in [5.41, 5.74) is 1.91. The second-order valence-corrected chi connectivity index (χ2v) is 5.39. The van der Waals surface area contributed by atoms with Crippen molar-refractivity contribution in [3.63, 3.8) is 0 Å². The molecule has 15 heavy (non-hydrogen) atoms. The van der Waals surface area contributed by atoms with Crippen molar-refractivity contribution in [2.45, 2.75) is 24.7 Å². The SMILES string of the molecule is CC1(C)Cc2cc(CI)c(F)cc2C1=O. The summed E-state index contributed by atoms with van der Waals surface area (Å²) in [5.74, 6) is -0.189. The predicted octanol–water partition coefficient (Wildman–Crippen LogP) is 3.53. The van der Waals surface area contributed by atoms with E-state index < -0.39 is 0 Å². The predicted molar refractivity (Wildman–Crippen MR) is 65.9 cm³/mol. The van der Waals surface area contributed by atoms with Crippen LogP contribution in [0.3, 0.4) is 0 Å². The molecule has 0 spiro atoms. The van der Waals surface area contributed by atoms with Crippen LogP contribution in [-0.4, -0.2) is 5.78 Å². The van der Waals surface area contributed by atoms with Gasteiger partial charge in [-0.1, -0.05) is 42.5 Å². The number of hydrogen-bond acceptors (Lipinski definition) is 1. The van der Waals surface area contributed by atoms with Gasteiger partial charge in [-0.2, -0.15) is 0 Å². The third kappa shape index (κ3) is 1.71. The maximum atomic E-state index is 13.5. The highest BCUT2D eigenvalue weighted by molar-refractivity contribution is 14.1. The van der Waals surface area contributed by atoms with E-state index in [1.165, 1.54) is 6.07 Å². The molecule has 1 aromatic carbocycles. The Hall–Kier alpha value is -0.450. The zero-order valence-corrected chi connectivity index (χ0v) is 10.9. The summed E-state index contributed by atoms with van der Waals surface area (Å²) in [5, 5.41) is 0. The molecule has 0 fully saturated rings. The van der Waals surface area contributed by atoms with Crippen LogP contribution in [0.1, 0.15) is 35.3 Å². The third-order valence-corrected chi connectivity index (χ3v) is 3.73. The van der Waals surface area contributed by atoms with E-state index in [2.05, 4.69) is 22.6 Å². The lowest BCUT2D eigenvalue weighted by Gasteiger charge is -2.12. The van der Waals surface area contributed by atoms with E-state index in [-0.39, 0.29) is 17.0 Å². The lowest BCUT2D eigenvalue weighted by atomic mass is 9.89. The molecule has 2 rings (SSSR count). The Bertz CT molecular complexity index is 437. The molecule has 0 aromatic heterocycles. The summed E-state index contributed by atoms with van der Waals surface area (Å²) in [6, 6.07) is 3.24. The van der Waals surface area contributed by atoms with Crippen LogP contribution >= 0.6 is 22.6 Å². The van der Waals surface area contributed by atoms with E-state index in [1.807, 2.05) is 19.9 Å². The van der Waals surface area contributed by atoms with Crippen molar-refractivity contribution in [2.75, 3.05) is 0 Å². The van der Waals surface area contributed by atoms with Crippen molar-refractivity contribution in [3.8, 4) is 0 Å². The first-order valence-corrected chi connectivity index (χ1v) is 6.40. The Morgan fingerprint density at radius 1 is 1.47 bits per heavy atom. The number of halogens is 2. The van der Waals surface area contributed by atoms with Gasteiger partial charge in [-0.15, -0.1) is 0 Å². The van der Waals surface area contributed by atoms with Gasteiger partial charge in [0.05, 0.1) is 0 Å². The van der Waals surface area contributed by atoms with Crippen molar-refractivity contribution in [1.82, 2.24) is 0 Å². The Kier molecular flexibility index (Phi) is 2.61. The Balaban J connectivity index is 2.57. The first kappa shape index (κ1) is 11.0. The summed E-state index contributed by atoms with van der Waals surface area (Å²) in [6.45, 7) is 3.83. The minimum absolute atomic E-state index is 0.0661. The first-order valence-electron chi connectivity index (χ1n) is 4.88. The molecular weight excluding hydrogens is 306 g/mol. The molecule has 0 heterocycles. The van der Waals surface area contributed by atoms with Crippen molar-refractivity contribution in [1.29, 1.82) is 0 Å². The Labute approximate surface area is 102 Å². The molecule has 0 unspecified atom stereocenters. The third-order valence-electron chi connectivity index (χ3n) is 2.91. The highest BCUT2D eigenvalue weighted by atomic mass is 127. The molecular formula is C12H12FIO. The molecule has 1 aliphatic carbocycles. The van der Waals surface area contributed by atoms with E-state index in [0.29, 0.717) is 15.6 Å². The quantitative estimate of drug-likeness (QED) is 0.572. The average Bonchev–Trinajstić information content (AvgIpc) is 2.38. The van der Waals surface area contributed by atoms with E-state index in [4.69, 9.17) is 0 Å². The minimum atomic E-state index is -0.362. The van der Waals surface area contributed by atoms with Gasteiger partial charge < -0.3 is 0 Å². The van der Waals surface area contributed by atoms with Gasteiger partial charge >= 0.3 is 0 Å². The second kappa shape index (κ2) is 3.54. The lowest BCUT2D eigenvalue weighted by Crippen LogP contribution is -2.18. The van der Waals surface area contributed by atoms with Gasteiger partial charge in [0.25, 0.3) is 0 Å². The van der Waals surface area contributed by atoms with Crippen LogP contribution in [0.2, 0.25) is 0 Å². The summed E-state index contributed by atoms with van der Waals surface area (Å²) in [6.07, 6.45) is 0.727. The number of rotatable bonds is 1. The number of carbonyl (C=O) groups excluding carboxylic acids is 1. The highest BCUT2D eigenvalue weighted by Crippen LogP contribution is 2.37. The largest absolute Gasteiger partial charge is 0.294 e. The molecule has 3 heteroatoms. The smallest absolute Gasteiger partial charge is 0.169 e. The molecule has 0 atom stereocenters. The maximum absolute atomic E-state index is 13.5. The van der Waals surface area contributed by atoms with E-state index in [1.54, 1.807) is 0 Å². The van der Waals surface area contributed by atoms with Crippen LogP contribution < -0.4 is 0 Å². The molecule has 1 nitrogen and oxygen atoms in total. The zero-order chi connectivity index (χ0) is 11.2. The average molecular weight is 318 g/mol. The molecule has 0 saturated heterocycles. The molecule has 0 bridgehead atoms. The number of Topliss-reactive ketones (excluding diaryl/α,β-unsaturated/α-hetero) is 1. The van der Waals surface area contributed by atoms with Crippen molar-refractivity contribution >= 4 is 28.4 Å². The summed E-state index contributed by atoms with van der Waals surface area (Å²) in [4.78, 5) is 11.9. The van der Waals surface area contributed by atoms with Gasteiger partial charge in [0.1, 0.15) is 5.82 Å². The van der Waals surface area contributed by atoms with Gasteiger partial charge in [-0.3, -0.25) is 4.79 Å². The van der Waals surface area contributed by atoms with Crippen LogP contribution in [0.4, 0.5) is 4.39 Å². The van der Waals surface area contributed by atoms with Crippen LogP contribution in [0.15, 0.2) is 12.1 Å². The molecule has 0 N–H and O–H groups in total. The molecule has 80 valence electrons. The van der Waals surface area contributed by atoms with Crippen LogP contribution in [0, 0.1) is 11.2 Å². The topological polar surface area (TPSA) is 17.1 Å². The monoisotopic (exact) mass is 318 g/mol. The molecule has 0 radical (unpaired) electrons. The fourth-order valence-corrected chi connectivity index (χ4v) is 2.63. The number of fused-ring (bicyclic) bond motifs is 1. The fraction of sp³-hybridized carbons (Fsp3) is 0.417. The highest BCUT2D eigenvalue weighted by Gasteiger charge is 2.37. The molecule has 0 amide bonds. The number of ketones is 1. The van der Waals surface area contributed by atoms with Gasteiger partial charge in [0.15, 0.2) is 5.78 Å². The summed E-state index contributed by atoms with van der Waals surface area (Å²) < 4.78 is 14.2. The first-order chi connectivity index (χ1) is 6.95. The number of benzene rings is 1. The van der Waals surface area contributed by atoms with Gasteiger partial charge in [-0.25, -0.2) is 4.39 Å². The Morgan fingerprint density at radius 3 is 2.73 bits per heavy atom. The van der Waals surface area contributed by atoms with E-state index in [0.717, 1.165) is 12.0 Å². The van der Waals surface area contributed by atoms with Gasteiger partial charge in [0, 0.05) is 15.4 Å². The second-order valence-electron chi connectivity index (χ2n) is 4.62. The number of alkyl halides is 1. The van der Waals surface area contributed by atoms with E-state index in [9.17, 15) is 9.18 Å². The van der Waals surface area contributed by atoms with Crippen molar-refractivity contribution in [3.05, 3.63) is 34.6 Å². The van der Waals surface area contributed by atoms with Gasteiger partial charge in [-0.05, 0) is 23.6 Å². The minimum Gasteiger partial charge on any atom is -0.294 e. The number of hydrogen-bond donors (Lipinski definition) is 0. The summed E-state index contributed by atoms with van der Waals surface area (Å²) in [7, 11) is 0. The van der Waals surface area contributed by atoms with Crippen molar-refractivity contribution in [2.24, 2.45) is 5.41 Å². The number of carbonyl (C=O) groups is 1.